The summed E-state index contributed by atoms with van der Waals surface area (Å²) in [5.74, 6) is 0. The summed E-state index contributed by atoms with van der Waals surface area (Å²) < 4.78 is 0. The molecule has 4 radical (unpaired) electrons. The smallest absolute Gasteiger partial charge is 0 e. The maximum Gasteiger partial charge on any atom is 0 e. The van der Waals surface area contributed by atoms with Gasteiger partial charge in [-0.2, -0.15) is 0 Å². The van der Waals surface area contributed by atoms with Gasteiger partial charge in [0.15, 0.2) is 0 Å². The molecule has 4 heavy (non-hydrogen) atoms. The van der Waals surface area contributed by atoms with Crippen LogP contribution in [0.1, 0.15) is 0 Å². The zero-order chi connectivity index (χ0) is 0. The molecule has 0 saturated heterocycles. The second kappa shape index (κ2) is 18.5. The molecular formula is CoCrGaRu. The Bertz CT molecular complexity index is 8.00. The summed E-state index contributed by atoms with van der Waals surface area (Å²) in [6.07, 6.45) is 0. The first-order chi connectivity index (χ1) is 0. The molecule has 0 amide bonds. The summed E-state index contributed by atoms with van der Waals surface area (Å²) in [6, 6.07) is 0. The maximum atomic E-state index is 0. The zero-order valence-corrected chi connectivity index (χ0v) is 8.15. The molecule has 0 spiro atoms. The summed E-state index contributed by atoms with van der Waals surface area (Å²) in [5, 5.41) is 0. The second-order valence-electron chi connectivity index (χ2n) is 0. The van der Waals surface area contributed by atoms with Gasteiger partial charge in [-0.15, -0.1) is 0 Å². The number of hydrogen-bond donors (Lipinski definition) is 0. The van der Waals surface area contributed by atoms with Gasteiger partial charge < -0.3 is 0 Å². The molecule has 26 valence electrons. The van der Waals surface area contributed by atoms with Crippen LogP contribution in [0.5, 0.6) is 0 Å². The van der Waals surface area contributed by atoms with Crippen LogP contribution in [0, 0.1) is 0 Å². The van der Waals surface area contributed by atoms with Gasteiger partial charge in [-0.3, -0.25) is 0 Å². The molecule has 0 aliphatic heterocycles. The molecule has 4 heteroatoms. The van der Waals surface area contributed by atoms with Gasteiger partial charge in [0, 0.05) is 73.4 Å². The van der Waals surface area contributed by atoms with Crippen molar-refractivity contribution in [2.75, 3.05) is 0 Å². The average Bonchev–Trinajstić information content (AvgIpc) is 0. The third-order valence-electron chi connectivity index (χ3n) is 0. The predicted octanol–water partition coefficient (Wildman–Crippen LogP) is -0.388. The fourth-order valence-corrected chi connectivity index (χ4v) is 0. The fourth-order valence-electron chi connectivity index (χ4n) is 0. The van der Waals surface area contributed by atoms with Crippen molar-refractivity contribution < 1.29 is 53.6 Å². The van der Waals surface area contributed by atoms with E-state index in [9.17, 15) is 0 Å². The summed E-state index contributed by atoms with van der Waals surface area (Å²) in [7, 11) is 0. The van der Waals surface area contributed by atoms with Crippen molar-refractivity contribution in [2.45, 2.75) is 0 Å². The quantitative estimate of drug-likeness (QED) is 0.531. The Hall–Kier alpha value is 2.30. The van der Waals surface area contributed by atoms with Crippen LogP contribution in [0.25, 0.3) is 0 Å². The molecule has 0 N–H and O–H groups in total. The topological polar surface area (TPSA) is 0 Å². The van der Waals surface area contributed by atoms with Crippen LogP contribution in [0.3, 0.4) is 0 Å². The monoisotopic (exact) mass is 282 g/mol. The summed E-state index contributed by atoms with van der Waals surface area (Å²) in [4.78, 5) is 0. The van der Waals surface area contributed by atoms with Crippen LogP contribution in [-0.2, 0) is 53.6 Å². The molecule has 0 aliphatic rings. The Labute approximate surface area is 72.6 Å². The van der Waals surface area contributed by atoms with Gasteiger partial charge in [-0.1, -0.05) is 0 Å². The van der Waals surface area contributed by atoms with E-state index in [0.717, 1.165) is 0 Å². The average molecular weight is 282 g/mol. The van der Waals surface area contributed by atoms with Crippen LogP contribution in [0.15, 0.2) is 0 Å². The molecule has 0 heterocycles. The van der Waals surface area contributed by atoms with Gasteiger partial charge in [0.05, 0.1) is 0 Å². The molecule has 0 unspecified atom stereocenters. The van der Waals surface area contributed by atoms with Crippen molar-refractivity contribution in [3.63, 3.8) is 0 Å². The molecule has 0 bridgehead atoms. The van der Waals surface area contributed by atoms with Gasteiger partial charge >= 0.3 is 0 Å². The first kappa shape index (κ1) is 33.5. The van der Waals surface area contributed by atoms with Crippen molar-refractivity contribution in [1.82, 2.24) is 0 Å². The minimum absolute atomic E-state index is 0. The molecule has 0 rings (SSSR count). The Kier molecular flexibility index (Phi) is 155. The van der Waals surface area contributed by atoms with Gasteiger partial charge in [0.25, 0.3) is 0 Å². The number of rotatable bonds is 0. The third-order valence-corrected chi connectivity index (χ3v) is 0. The van der Waals surface area contributed by atoms with E-state index in [-0.39, 0.29) is 73.4 Å². The Balaban J connectivity index is 0. The van der Waals surface area contributed by atoms with Gasteiger partial charge in [0.1, 0.15) is 0 Å². The van der Waals surface area contributed by atoms with Crippen molar-refractivity contribution in [2.24, 2.45) is 0 Å². The first-order valence-corrected chi connectivity index (χ1v) is 0. The third kappa shape index (κ3) is 8.85. The molecule has 0 saturated carbocycles. The molecule has 0 fully saturated rings. The molecule has 0 aliphatic carbocycles. The van der Waals surface area contributed by atoms with Gasteiger partial charge in [-0.25, -0.2) is 0 Å². The van der Waals surface area contributed by atoms with E-state index in [1.807, 2.05) is 0 Å². The van der Waals surface area contributed by atoms with Crippen LogP contribution in [0.4, 0.5) is 0 Å². The van der Waals surface area contributed by atoms with Crippen LogP contribution in [0.2, 0.25) is 0 Å². The largest absolute Gasteiger partial charge is 0 e. The van der Waals surface area contributed by atoms with E-state index < -0.39 is 0 Å². The van der Waals surface area contributed by atoms with Crippen molar-refractivity contribution in [3.8, 4) is 0 Å². The standard InChI is InChI=1S/Co.Cr.Ga.Ru. The molecule has 0 aromatic rings. The minimum atomic E-state index is 0. The van der Waals surface area contributed by atoms with E-state index in [4.69, 9.17) is 0 Å². The molecule has 0 aromatic carbocycles. The number of hydrogen-bond acceptors (Lipinski definition) is 0. The normalized spacial score (nSPS) is 0. The van der Waals surface area contributed by atoms with E-state index >= 15 is 0 Å². The minimum Gasteiger partial charge on any atom is 0 e. The van der Waals surface area contributed by atoms with Crippen LogP contribution < -0.4 is 0 Å². The van der Waals surface area contributed by atoms with E-state index in [0.29, 0.717) is 0 Å². The molecular weight excluding hydrogens is 282 g/mol. The summed E-state index contributed by atoms with van der Waals surface area (Å²) >= 11 is 0. The van der Waals surface area contributed by atoms with Crippen LogP contribution >= 0.6 is 0 Å². The predicted molar refractivity (Wildman–Crippen MR) is 5.75 cm³/mol. The summed E-state index contributed by atoms with van der Waals surface area (Å²) in [6.45, 7) is 0. The second-order valence-corrected chi connectivity index (χ2v) is 0. The van der Waals surface area contributed by atoms with E-state index in [1.165, 1.54) is 0 Å². The molecule has 0 aromatic heterocycles. The van der Waals surface area contributed by atoms with Crippen LogP contribution in [-0.4, -0.2) is 19.8 Å². The van der Waals surface area contributed by atoms with Gasteiger partial charge in [0.2, 0.25) is 0 Å². The Morgan fingerprint density at radius 3 is 1.00 bits per heavy atom. The summed E-state index contributed by atoms with van der Waals surface area (Å²) in [5.41, 5.74) is 0. The maximum absolute atomic E-state index is 0. The Morgan fingerprint density at radius 2 is 1.00 bits per heavy atom. The molecule has 0 nitrogen and oxygen atoms in total. The van der Waals surface area contributed by atoms with Gasteiger partial charge in [-0.05, 0) is 0 Å². The van der Waals surface area contributed by atoms with Crippen molar-refractivity contribution >= 4 is 19.8 Å². The van der Waals surface area contributed by atoms with Crippen molar-refractivity contribution in [1.29, 1.82) is 0 Å². The zero-order valence-electron chi connectivity index (χ0n) is 1.67. The van der Waals surface area contributed by atoms with E-state index in [1.54, 1.807) is 0 Å². The fraction of sp³-hybridized carbons (Fsp3) is 0. The SMILES string of the molecule is [Co].[Cr].[Ga].[Ru]. The van der Waals surface area contributed by atoms with E-state index in [2.05, 4.69) is 0 Å². The molecule has 0 atom stereocenters. The van der Waals surface area contributed by atoms with Crippen molar-refractivity contribution in [3.05, 3.63) is 0 Å². The Morgan fingerprint density at radius 1 is 1.00 bits per heavy atom. The first-order valence-electron chi connectivity index (χ1n) is 0.